The molecule has 0 bridgehead atoms. The van der Waals surface area contributed by atoms with Crippen molar-refractivity contribution >= 4 is 11.0 Å². The van der Waals surface area contributed by atoms with Crippen molar-refractivity contribution in [2.45, 2.75) is 24.7 Å². The highest BCUT2D eigenvalue weighted by Crippen LogP contribution is 2.49. The molecule has 15 heavy (non-hydrogen) atoms. The molecule has 1 fully saturated rings. The van der Waals surface area contributed by atoms with Gasteiger partial charge in [0.25, 0.3) is 5.92 Å². The molecule has 1 atom stereocenters. The van der Waals surface area contributed by atoms with Crippen molar-refractivity contribution in [2.24, 2.45) is 0 Å². The molecule has 1 N–H and O–H groups in total. The fraction of sp³-hybridized carbons (Fsp3) is 0.364. The van der Waals surface area contributed by atoms with Gasteiger partial charge >= 0.3 is 0 Å². The molecule has 4 heteroatoms. The van der Waals surface area contributed by atoms with E-state index in [-0.39, 0.29) is 6.42 Å². The van der Waals surface area contributed by atoms with Gasteiger partial charge in [0.15, 0.2) is 0 Å². The molecule has 1 aliphatic carbocycles. The van der Waals surface area contributed by atoms with E-state index in [9.17, 15) is 8.78 Å². The monoisotopic (exact) mass is 208 g/mol. The quantitative estimate of drug-likeness (QED) is 0.766. The van der Waals surface area contributed by atoms with E-state index < -0.39 is 11.8 Å². The van der Waals surface area contributed by atoms with Gasteiger partial charge in [0.2, 0.25) is 0 Å². The summed E-state index contributed by atoms with van der Waals surface area (Å²) in [5.41, 5.74) is 1.59. The van der Waals surface area contributed by atoms with E-state index in [0.717, 1.165) is 11.0 Å². The van der Waals surface area contributed by atoms with Crippen LogP contribution in [0.3, 0.4) is 0 Å². The van der Waals surface area contributed by atoms with E-state index in [1.165, 1.54) is 0 Å². The molecule has 2 nitrogen and oxygen atoms in total. The number of benzene rings is 1. The van der Waals surface area contributed by atoms with Gasteiger partial charge in [-0.15, -0.1) is 0 Å². The number of para-hydroxylation sites is 2. The summed E-state index contributed by atoms with van der Waals surface area (Å²) in [6, 6.07) is 7.39. The Kier molecular flexibility index (Phi) is 1.63. The number of aromatic amines is 1. The maximum atomic E-state index is 13.2. The number of rotatable bonds is 1. The lowest BCUT2D eigenvalue weighted by molar-refractivity contribution is -0.0986. The molecule has 1 aliphatic rings. The van der Waals surface area contributed by atoms with Crippen molar-refractivity contribution in [1.29, 1.82) is 0 Å². The number of nitrogens with zero attached hydrogens (tertiary/aromatic N) is 1. The average Bonchev–Trinajstić information content (AvgIpc) is 2.58. The van der Waals surface area contributed by atoms with Crippen molar-refractivity contribution in [3.8, 4) is 0 Å². The van der Waals surface area contributed by atoms with E-state index >= 15 is 0 Å². The summed E-state index contributed by atoms with van der Waals surface area (Å²) in [7, 11) is 0. The SMILES string of the molecule is FC1(F)CCC1c1nc2ccccc2[nH]1. The van der Waals surface area contributed by atoms with Crippen LogP contribution in [-0.2, 0) is 0 Å². The topological polar surface area (TPSA) is 28.7 Å². The van der Waals surface area contributed by atoms with Crippen LogP contribution in [-0.4, -0.2) is 15.9 Å². The first kappa shape index (κ1) is 8.83. The molecular formula is C11H10F2N2. The summed E-state index contributed by atoms with van der Waals surface area (Å²) in [4.78, 5) is 7.16. The van der Waals surface area contributed by atoms with Gasteiger partial charge < -0.3 is 4.98 Å². The normalized spacial score (nSPS) is 24.0. The zero-order valence-corrected chi connectivity index (χ0v) is 8.00. The van der Waals surface area contributed by atoms with Gasteiger partial charge in [0, 0.05) is 6.42 Å². The summed E-state index contributed by atoms with van der Waals surface area (Å²) in [6.45, 7) is 0. The fourth-order valence-corrected chi connectivity index (χ4v) is 1.98. The van der Waals surface area contributed by atoms with Crippen LogP contribution in [0.4, 0.5) is 8.78 Å². The van der Waals surface area contributed by atoms with E-state index in [0.29, 0.717) is 12.2 Å². The van der Waals surface area contributed by atoms with Crippen molar-refractivity contribution in [3.05, 3.63) is 30.1 Å². The van der Waals surface area contributed by atoms with Crippen LogP contribution in [0.15, 0.2) is 24.3 Å². The summed E-state index contributed by atoms with van der Waals surface area (Å²) < 4.78 is 26.3. The lowest BCUT2D eigenvalue weighted by Gasteiger charge is -2.34. The van der Waals surface area contributed by atoms with Gasteiger partial charge in [-0.05, 0) is 18.6 Å². The van der Waals surface area contributed by atoms with Gasteiger partial charge in [0.1, 0.15) is 5.82 Å². The standard InChI is InChI=1S/C11H10F2N2/c12-11(13)6-5-7(11)10-14-8-3-1-2-4-9(8)15-10/h1-4,7H,5-6H2,(H,14,15). The van der Waals surface area contributed by atoms with E-state index in [2.05, 4.69) is 9.97 Å². The minimum absolute atomic E-state index is 0.0191. The van der Waals surface area contributed by atoms with Gasteiger partial charge in [-0.1, -0.05) is 12.1 Å². The second-order valence-corrected chi connectivity index (χ2v) is 3.99. The Hall–Kier alpha value is -1.45. The predicted octanol–water partition coefficient (Wildman–Crippen LogP) is 3.08. The van der Waals surface area contributed by atoms with Crippen LogP contribution in [0, 0.1) is 0 Å². The smallest absolute Gasteiger partial charge is 0.257 e. The molecule has 1 aromatic heterocycles. The molecule has 1 heterocycles. The molecule has 0 saturated heterocycles. The molecule has 0 amide bonds. The maximum Gasteiger partial charge on any atom is 0.257 e. The van der Waals surface area contributed by atoms with Crippen molar-refractivity contribution in [2.75, 3.05) is 0 Å². The minimum Gasteiger partial charge on any atom is -0.342 e. The van der Waals surface area contributed by atoms with Gasteiger partial charge in [-0.25, -0.2) is 13.8 Å². The van der Waals surface area contributed by atoms with Crippen LogP contribution < -0.4 is 0 Å². The van der Waals surface area contributed by atoms with Crippen molar-refractivity contribution in [3.63, 3.8) is 0 Å². The number of nitrogens with one attached hydrogen (secondary N) is 1. The molecule has 2 aromatic rings. The molecule has 0 spiro atoms. The van der Waals surface area contributed by atoms with Crippen LogP contribution in [0.25, 0.3) is 11.0 Å². The van der Waals surface area contributed by atoms with Crippen molar-refractivity contribution in [1.82, 2.24) is 9.97 Å². The average molecular weight is 208 g/mol. The molecule has 0 radical (unpaired) electrons. The predicted molar refractivity (Wildman–Crippen MR) is 53.0 cm³/mol. The molecule has 1 saturated carbocycles. The zero-order chi connectivity index (χ0) is 10.5. The molecule has 1 aromatic carbocycles. The minimum atomic E-state index is -2.58. The second-order valence-electron chi connectivity index (χ2n) is 3.99. The Labute approximate surface area is 85.3 Å². The lowest BCUT2D eigenvalue weighted by Crippen LogP contribution is -2.37. The third-order valence-corrected chi connectivity index (χ3v) is 3.01. The van der Waals surface area contributed by atoms with E-state index in [1.807, 2.05) is 24.3 Å². The van der Waals surface area contributed by atoms with Crippen LogP contribution in [0.1, 0.15) is 24.6 Å². The maximum absolute atomic E-state index is 13.2. The Morgan fingerprint density at radius 3 is 2.73 bits per heavy atom. The molecule has 0 aliphatic heterocycles. The van der Waals surface area contributed by atoms with Gasteiger partial charge in [-0.3, -0.25) is 0 Å². The highest BCUT2D eigenvalue weighted by molar-refractivity contribution is 5.74. The van der Waals surface area contributed by atoms with Crippen molar-refractivity contribution < 1.29 is 8.78 Å². The first-order valence-corrected chi connectivity index (χ1v) is 4.99. The highest BCUT2D eigenvalue weighted by atomic mass is 19.3. The van der Waals surface area contributed by atoms with E-state index in [4.69, 9.17) is 0 Å². The molecule has 3 rings (SSSR count). The third kappa shape index (κ3) is 1.24. The van der Waals surface area contributed by atoms with Gasteiger partial charge in [0.05, 0.1) is 17.0 Å². The highest BCUT2D eigenvalue weighted by Gasteiger charge is 2.50. The number of H-pyrrole nitrogens is 1. The Balaban J connectivity index is 2.05. The number of fused-ring (bicyclic) bond motifs is 1. The number of imidazole rings is 1. The summed E-state index contributed by atoms with van der Waals surface area (Å²) >= 11 is 0. The fourth-order valence-electron chi connectivity index (χ4n) is 1.98. The van der Waals surface area contributed by atoms with Crippen LogP contribution >= 0.6 is 0 Å². The molecule has 78 valence electrons. The first-order valence-electron chi connectivity index (χ1n) is 4.99. The number of halogens is 2. The Morgan fingerprint density at radius 1 is 1.33 bits per heavy atom. The summed E-state index contributed by atoms with van der Waals surface area (Å²) in [5.74, 6) is -2.87. The number of alkyl halides is 2. The summed E-state index contributed by atoms with van der Waals surface area (Å²) in [5, 5.41) is 0. The molecular weight excluding hydrogens is 198 g/mol. The van der Waals surface area contributed by atoms with Gasteiger partial charge in [-0.2, -0.15) is 0 Å². The second kappa shape index (κ2) is 2.78. The first-order chi connectivity index (χ1) is 7.17. The number of hydrogen-bond donors (Lipinski definition) is 1. The van der Waals surface area contributed by atoms with E-state index in [1.54, 1.807) is 0 Å². The Morgan fingerprint density at radius 2 is 2.13 bits per heavy atom. The van der Waals surface area contributed by atoms with Crippen LogP contribution in [0.5, 0.6) is 0 Å². The largest absolute Gasteiger partial charge is 0.342 e. The third-order valence-electron chi connectivity index (χ3n) is 3.01. The Bertz CT molecular complexity index is 471. The van der Waals surface area contributed by atoms with Crippen LogP contribution in [0.2, 0.25) is 0 Å². The summed E-state index contributed by atoms with van der Waals surface area (Å²) in [6.07, 6.45) is 0.502. The number of aromatic nitrogens is 2. The number of hydrogen-bond acceptors (Lipinski definition) is 1. The molecule has 1 unspecified atom stereocenters. The zero-order valence-electron chi connectivity index (χ0n) is 8.00. The lowest BCUT2D eigenvalue weighted by atomic mass is 9.80.